The van der Waals surface area contributed by atoms with Gasteiger partial charge in [-0.3, -0.25) is 4.98 Å². The summed E-state index contributed by atoms with van der Waals surface area (Å²) in [5, 5.41) is 11.2. The Hall–Kier alpha value is -1.67. The Morgan fingerprint density at radius 3 is 2.94 bits per heavy atom. The molecule has 2 heteroatoms. The van der Waals surface area contributed by atoms with Crippen LogP contribution in [0.2, 0.25) is 0 Å². The van der Waals surface area contributed by atoms with Crippen molar-refractivity contribution in [2.45, 2.75) is 25.9 Å². The number of rotatable bonds is 4. The number of fused-ring (bicyclic) bond motifs is 1. The third kappa shape index (κ3) is 2.53. The molecule has 0 aliphatic rings. The monoisotopic (exact) mass is 227 g/mol. The summed E-state index contributed by atoms with van der Waals surface area (Å²) in [6.07, 6.45) is 2.91. The number of para-hydroxylation sites is 1. The molecule has 17 heavy (non-hydrogen) atoms. The minimum absolute atomic E-state index is 0.445. The molecule has 1 N–H and O–H groups in total. The van der Waals surface area contributed by atoms with Gasteiger partial charge in [-0.25, -0.2) is 0 Å². The highest BCUT2D eigenvalue weighted by atomic mass is 16.3. The number of allylic oxidation sites excluding steroid dienone is 1. The molecule has 0 amide bonds. The number of hydrogen-bond donors (Lipinski definition) is 1. The molecule has 88 valence electrons. The van der Waals surface area contributed by atoms with Crippen LogP contribution in [0.1, 0.15) is 30.2 Å². The molecule has 1 aromatic heterocycles. The summed E-state index contributed by atoms with van der Waals surface area (Å²) in [6, 6.07) is 9.90. The van der Waals surface area contributed by atoms with Gasteiger partial charge in [0, 0.05) is 11.1 Å². The Kier molecular flexibility index (Phi) is 3.55. The Bertz CT molecular complexity index is 533. The van der Waals surface area contributed by atoms with Crippen molar-refractivity contribution in [1.82, 2.24) is 4.98 Å². The number of hydrogen-bond acceptors (Lipinski definition) is 2. The van der Waals surface area contributed by atoms with E-state index >= 15 is 0 Å². The summed E-state index contributed by atoms with van der Waals surface area (Å²) in [4.78, 5) is 4.47. The molecule has 0 saturated heterocycles. The van der Waals surface area contributed by atoms with Gasteiger partial charge >= 0.3 is 0 Å². The van der Waals surface area contributed by atoms with Gasteiger partial charge in [0.15, 0.2) is 0 Å². The second-order valence-electron chi connectivity index (χ2n) is 4.25. The minimum atomic E-state index is -0.445. The van der Waals surface area contributed by atoms with Gasteiger partial charge in [0.05, 0.1) is 11.6 Å². The van der Waals surface area contributed by atoms with E-state index in [1.165, 1.54) is 0 Å². The van der Waals surface area contributed by atoms with Crippen LogP contribution in [-0.2, 0) is 0 Å². The minimum Gasteiger partial charge on any atom is -0.388 e. The molecule has 0 spiro atoms. The van der Waals surface area contributed by atoms with Crippen molar-refractivity contribution in [2.75, 3.05) is 0 Å². The molecule has 0 fully saturated rings. The molecule has 2 aromatic rings. The quantitative estimate of drug-likeness (QED) is 0.810. The first-order chi connectivity index (χ1) is 8.22. The molecule has 0 bridgehead atoms. The van der Waals surface area contributed by atoms with Crippen LogP contribution in [0, 0.1) is 6.92 Å². The molecule has 1 aromatic carbocycles. The average Bonchev–Trinajstić information content (AvgIpc) is 2.34. The Morgan fingerprint density at radius 2 is 2.18 bits per heavy atom. The largest absolute Gasteiger partial charge is 0.388 e. The van der Waals surface area contributed by atoms with Crippen LogP contribution in [0.4, 0.5) is 0 Å². The first kappa shape index (κ1) is 11.8. The SMILES string of the molecule is C=CCCC(O)c1cc(C)nc2ccccc12. The standard InChI is InChI=1S/C15H17NO/c1-3-4-9-15(17)13-10-11(2)16-14-8-6-5-7-12(13)14/h3,5-8,10,15,17H,1,4,9H2,2H3. The third-order valence-corrected chi connectivity index (χ3v) is 2.88. The summed E-state index contributed by atoms with van der Waals surface area (Å²) in [7, 11) is 0. The number of aryl methyl sites for hydroxylation is 1. The maximum absolute atomic E-state index is 10.2. The molecule has 1 atom stereocenters. The normalized spacial score (nSPS) is 12.6. The fraction of sp³-hybridized carbons (Fsp3) is 0.267. The van der Waals surface area contributed by atoms with E-state index in [9.17, 15) is 5.11 Å². The van der Waals surface area contributed by atoms with Crippen molar-refractivity contribution in [3.8, 4) is 0 Å². The van der Waals surface area contributed by atoms with Crippen molar-refractivity contribution in [3.05, 3.63) is 54.2 Å². The average molecular weight is 227 g/mol. The van der Waals surface area contributed by atoms with Crippen LogP contribution in [0.15, 0.2) is 43.0 Å². The van der Waals surface area contributed by atoms with Gasteiger partial charge in [0.1, 0.15) is 0 Å². The van der Waals surface area contributed by atoms with Crippen LogP contribution in [-0.4, -0.2) is 10.1 Å². The van der Waals surface area contributed by atoms with Crippen molar-refractivity contribution >= 4 is 10.9 Å². The lowest BCUT2D eigenvalue weighted by Gasteiger charge is -2.13. The highest BCUT2D eigenvalue weighted by Gasteiger charge is 2.11. The van der Waals surface area contributed by atoms with Crippen molar-refractivity contribution in [1.29, 1.82) is 0 Å². The molecule has 0 radical (unpaired) electrons. The van der Waals surface area contributed by atoms with Gasteiger partial charge in [-0.05, 0) is 37.5 Å². The first-order valence-corrected chi connectivity index (χ1v) is 5.87. The first-order valence-electron chi connectivity index (χ1n) is 5.87. The fourth-order valence-electron chi connectivity index (χ4n) is 2.05. The van der Waals surface area contributed by atoms with Crippen molar-refractivity contribution in [3.63, 3.8) is 0 Å². The smallest absolute Gasteiger partial charge is 0.0800 e. The summed E-state index contributed by atoms with van der Waals surface area (Å²) >= 11 is 0. The lowest BCUT2D eigenvalue weighted by atomic mass is 10.00. The molecule has 0 aliphatic heterocycles. The molecule has 1 unspecified atom stereocenters. The van der Waals surface area contributed by atoms with Crippen LogP contribution >= 0.6 is 0 Å². The zero-order chi connectivity index (χ0) is 12.3. The van der Waals surface area contributed by atoms with E-state index in [0.29, 0.717) is 6.42 Å². The maximum atomic E-state index is 10.2. The molecule has 0 aliphatic carbocycles. The summed E-state index contributed by atoms with van der Waals surface area (Å²) in [6.45, 7) is 5.64. The summed E-state index contributed by atoms with van der Waals surface area (Å²) in [5.41, 5.74) is 2.85. The van der Waals surface area contributed by atoms with E-state index in [2.05, 4.69) is 11.6 Å². The van der Waals surface area contributed by atoms with E-state index < -0.39 is 6.10 Å². The highest BCUT2D eigenvalue weighted by molar-refractivity contribution is 5.82. The second kappa shape index (κ2) is 5.11. The van der Waals surface area contributed by atoms with Gasteiger partial charge in [-0.2, -0.15) is 0 Å². The third-order valence-electron chi connectivity index (χ3n) is 2.88. The predicted molar refractivity (Wildman–Crippen MR) is 70.9 cm³/mol. The van der Waals surface area contributed by atoms with Crippen LogP contribution < -0.4 is 0 Å². The molecule has 0 saturated carbocycles. The van der Waals surface area contributed by atoms with E-state index in [1.807, 2.05) is 43.3 Å². The van der Waals surface area contributed by atoms with Crippen molar-refractivity contribution < 1.29 is 5.11 Å². The Balaban J connectivity index is 2.47. The van der Waals surface area contributed by atoms with Gasteiger partial charge in [-0.15, -0.1) is 6.58 Å². The highest BCUT2D eigenvalue weighted by Crippen LogP contribution is 2.26. The zero-order valence-corrected chi connectivity index (χ0v) is 10.1. The van der Waals surface area contributed by atoms with Gasteiger partial charge in [0.25, 0.3) is 0 Å². The Labute approximate surface area is 102 Å². The molecule has 2 nitrogen and oxygen atoms in total. The second-order valence-corrected chi connectivity index (χ2v) is 4.25. The van der Waals surface area contributed by atoms with E-state index in [-0.39, 0.29) is 0 Å². The van der Waals surface area contributed by atoms with Gasteiger partial charge < -0.3 is 5.11 Å². The zero-order valence-electron chi connectivity index (χ0n) is 10.1. The van der Waals surface area contributed by atoms with Crippen molar-refractivity contribution in [2.24, 2.45) is 0 Å². The predicted octanol–water partition coefficient (Wildman–Crippen LogP) is 3.54. The lowest BCUT2D eigenvalue weighted by molar-refractivity contribution is 0.170. The number of benzene rings is 1. The lowest BCUT2D eigenvalue weighted by Crippen LogP contribution is -2.00. The van der Waals surface area contributed by atoms with Gasteiger partial charge in [0.2, 0.25) is 0 Å². The molecule has 1 heterocycles. The number of pyridine rings is 1. The van der Waals surface area contributed by atoms with E-state index in [4.69, 9.17) is 0 Å². The van der Waals surface area contributed by atoms with Crippen LogP contribution in [0.5, 0.6) is 0 Å². The molecular formula is C15H17NO. The van der Waals surface area contributed by atoms with E-state index in [0.717, 1.165) is 28.6 Å². The fourth-order valence-corrected chi connectivity index (χ4v) is 2.05. The summed E-state index contributed by atoms with van der Waals surface area (Å²) < 4.78 is 0. The van der Waals surface area contributed by atoms with E-state index in [1.54, 1.807) is 0 Å². The Morgan fingerprint density at radius 1 is 1.41 bits per heavy atom. The summed E-state index contributed by atoms with van der Waals surface area (Å²) in [5.74, 6) is 0. The molecular weight excluding hydrogens is 210 g/mol. The van der Waals surface area contributed by atoms with Crippen LogP contribution in [0.3, 0.4) is 0 Å². The van der Waals surface area contributed by atoms with Gasteiger partial charge in [-0.1, -0.05) is 24.3 Å². The number of aliphatic hydroxyl groups excluding tert-OH is 1. The molecule has 2 rings (SSSR count). The number of aliphatic hydroxyl groups is 1. The number of nitrogens with zero attached hydrogens (tertiary/aromatic N) is 1. The maximum Gasteiger partial charge on any atom is 0.0800 e. The topological polar surface area (TPSA) is 33.1 Å². The van der Waals surface area contributed by atoms with Crippen LogP contribution in [0.25, 0.3) is 10.9 Å². The number of aromatic nitrogens is 1.